The Morgan fingerprint density at radius 2 is 1.36 bits per heavy atom. The third-order valence-corrected chi connectivity index (χ3v) is 4.70. The average molecular weight is 347 g/mol. The van der Waals surface area contributed by atoms with Gasteiger partial charge in [-0.05, 0) is 18.6 Å². The molecule has 0 aliphatic carbocycles. The molecule has 1 rings (SSSR count). The van der Waals surface area contributed by atoms with Crippen molar-refractivity contribution in [3.63, 3.8) is 0 Å². The quantitative estimate of drug-likeness (QED) is 0.331. The molecule has 1 heterocycles. The lowest BCUT2D eigenvalue weighted by atomic mass is 10.0. The van der Waals surface area contributed by atoms with Gasteiger partial charge in [-0.2, -0.15) is 0 Å². The number of nitrogens with zero attached hydrogens (tertiary/aromatic N) is 1. The highest BCUT2D eigenvalue weighted by molar-refractivity contribution is 5.90. The van der Waals surface area contributed by atoms with Crippen LogP contribution in [0.2, 0.25) is 0 Å². The van der Waals surface area contributed by atoms with E-state index in [-0.39, 0.29) is 5.91 Å². The lowest BCUT2D eigenvalue weighted by molar-refractivity contribution is -0.116. The van der Waals surface area contributed by atoms with Crippen molar-refractivity contribution in [2.24, 2.45) is 0 Å². The Balaban J connectivity index is 1.79. The van der Waals surface area contributed by atoms with E-state index < -0.39 is 0 Å². The van der Waals surface area contributed by atoms with E-state index in [0.29, 0.717) is 6.42 Å². The second-order valence-corrected chi connectivity index (χ2v) is 7.14. The Morgan fingerprint density at radius 1 is 0.840 bits per heavy atom. The molecule has 142 valence electrons. The van der Waals surface area contributed by atoms with E-state index >= 15 is 0 Å². The predicted octanol–water partition coefficient (Wildman–Crippen LogP) is 6.89. The highest BCUT2D eigenvalue weighted by Crippen LogP contribution is 2.13. The van der Waals surface area contributed by atoms with Gasteiger partial charge >= 0.3 is 0 Å². The summed E-state index contributed by atoms with van der Waals surface area (Å²) >= 11 is 0. The summed E-state index contributed by atoms with van der Waals surface area (Å²) in [6, 6.07) is 3.71. The van der Waals surface area contributed by atoms with E-state index in [1.807, 2.05) is 12.1 Å². The first kappa shape index (κ1) is 21.7. The number of pyridine rings is 1. The number of nitrogens with one attached hydrogen (secondary N) is 1. The second kappa shape index (κ2) is 16.1. The first-order valence-electron chi connectivity index (χ1n) is 10.5. The van der Waals surface area contributed by atoms with Crippen LogP contribution in [-0.4, -0.2) is 10.9 Å². The summed E-state index contributed by atoms with van der Waals surface area (Å²) in [7, 11) is 0. The maximum Gasteiger partial charge on any atom is 0.224 e. The fourth-order valence-corrected chi connectivity index (χ4v) is 3.14. The number of rotatable bonds is 16. The van der Waals surface area contributed by atoms with Gasteiger partial charge in [0.15, 0.2) is 0 Å². The summed E-state index contributed by atoms with van der Waals surface area (Å²) in [6.45, 7) is 2.28. The van der Waals surface area contributed by atoms with Crippen LogP contribution in [0, 0.1) is 0 Å². The number of hydrogen-bond acceptors (Lipinski definition) is 2. The third kappa shape index (κ3) is 13.6. The van der Waals surface area contributed by atoms with Gasteiger partial charge in [0.2, 0.25) is 5.91 Å². The second-order valence-electron chi connectivity index (χ2n) is 7.14. The van der Waals surface area contributed by atoms with Crippen molar-refractivity contribution < 1.29 is 4.79 Å². The smallest absolute Gasteiger partial charge is 0.224 e. The number of aromatic nitrogens is 1. The number of amides is 1. The van der Waals surface area contributed by atoms with Gasteiger partial charge in [0.25, 0.3) is 0 Å². The van der Waals surface area contributed by atoms with Crippen LogP contribution in [-0.2, 0) is 4.79 Å². The van der Waals surface area contributed by atoms with Crippen LogP contribution in [0.15, 0.2) is 24.5 Å². The van der Waals surface area contributed by atoms with Gasteiger partial charge in [0.05, 0.1) is 11.9 Å². The van der Waals surface area contributed by atoms with Gasteiger partial charge in [-0.25, -0.2) is 0 Å². The van der Waals surface area contributed by atoms with Crippen LogP contribution in [0.5, 0.6) is 0 Å². The van der Waals surface area contributed by atoms with Crippen molar-refractivity contribution in [2.45, 2.75) is 103 Å². The van der Waals surface area contributed by atoms with Crippen LogP contribution < -0.4 is 5.32 Å². The third-order valence-electron chi connectivity index (χ3n) is 4.70. The molecule has 0 aliphatic heterocycles. The molecule has 0 bridgehead atoms. The number of carbonyl (C=O) groups excluding carboxylic acids is 1. The van der Waals surface area contributed by atoms with E-state index in [2.05, 4.69) is 17.2 Å². The minimum atomic E-state index is 0.104. The molecule has 0 spiro atoms. The monoisotopic (exact) mass is 346 g/mol. The summed E-state index contributed by atoms with van der Waals surface area (Å²) < 4.78 is 0. The molecule has 0 radical (unpaired) electrons. The fraction of sp³-hybridized carbons (Fsp3) is 0.727. The Kier molecular flexibility index (Phi) is 14.0. The van der Waals surface area contributed by atoms with Crippen molar-refractivity contribution in [1.29, 1.82) is 0 Å². The highest BCUT2D eigenvalue weighted by atomic mass is 16.1. The molecule has 1 amide bonds. The zero-order valence-electron chi connectivity index (χ0n) is 16.3. The molecule has 25 heavy (non-hydrogen) atoms. The summed E-state index contributed by atoms with van der Waals surface area (Å²) in [5, 5.41) is 2.89. The van der Waals surface area contributed by atoms with Crippen LogP contribution in [0.3, 0.4) is 0 Å². The summed E-state index contributed by atoms with van der Waals surface area (Å²) in [5.74, 6) is 0.104. The molecule has 1 aromatic rings. The molecule has 1 N–H and O–H groups in total. The zero-order chi connectivity index (χ0) is 18.0. The number of hydrogen-bond donors (Lipinski definition) is 1. The van der Waals surface area contributed by atoms with Gasteiger partial charge in [0.1, 0.15) is 0 Å². The maximum atomic E-state index is 11.8. The van der Waals surface area contributed by atoms with Crippen molar-refractivity contribution in [3.05, 3.63) is 24.5 Å². The minimum absolute atomic E-state index is 0.104. The predicted molar refractivity (Wildman–Crippen MR) is 108 cm³/mol. The number of carbonyl (C=O) groups is 1. The Bertz CT molecular complexity index is 419. The largest absolute Gasteiger partial charge is 0.325 e. The Morgan fingerprint density at radius 3 is 1.84 bits per heavy atom. The Labute approximate surface area is 155 Å². The SMILES string of the molecule is CCCCCCCCCCCCCCCCC(=O)Nc1cccnc1. The van der Waals surface area contributed by atoms with Crippen LogP contribution in [0.1, 0.15) is 103 Å². The van der Waals surface area contributed by atoms with Crippen molar-refractivity contribution in [2.75, 3.05) is 5.32 Å². The molecular weight excluding hydrogens is 308 g/mol. The standard InChI is InChI=1S/C22H38N2O/c1-2-3-4-5-6-7-8-9-10-11-12-13-14-15-18-22(25)24-21-17-16-19-23-20-21/h16-17,19-20H,2-15,18H2,1H3,(H,24,25). The molecule has 0 fully saturated rings. The lowest BCUT2D eigenvalue weighted by Crippen LogP contribution is -2.11. The molecule has 0 saturated heterocycles. The van der Waals surface area contributed by atoms with Crippen molar-refractivity contribution >= 4 is 11.6 Å². The van der Waals surface area contributed by atoms with E-state index in [4.69, 9.17) is 0 Å². The van der Waals surface area contributed by atoms with Gasteiger partial charge in [-0.1, -0.05) is 90.4 Å². The zero-order valence-corrected chi connectivity index (χ0v) is 16.3. The molecule has 0 atom stereocenters. The van der Waals surface area contributed by atoms with E-state index in [9.17, 15) is 4.79 Å². The summed E-state index contributed by atoms with van der Waals surface area (Å²) in [5.41, 5.74) is 0.790. The van der Waals surface area contributed by atoms with Gasteiger partial charge in [0, 0.05) is 12.6 Å². The summed E-state index contributed by atoms with van der Waals surface area (Å²) in [4.78, 5) is 15.8. The van der Waals surface area contributed by atoms with E-state index in [1.165, 1.54) is 77.0 Å². The highest BCUT2D eigenvalue weighted by Gasteiger charge is 2.02. The first-order valence-corrected chi connectivity index (χ1v) is 10.5. The molecule has 0 aromatic carbocycles. The van der Waals surface area contributed by atoms with Crippen LogP contribution in [0.4, 0.5) is 5.69 Å². The van der Waals surface area contributed by atoms with Crippen LogP contribution in [0.25, 0.3) is 0 Å². The normalized spacial score (nSPS) is 10.8. The molecule has 3 heteroatoms. The first-order chi connectivity index (χ1) is 12.3. The van der Waals surface area contributed by atoms with E-state index in [0.717, 1.165) is 18.5 Å². The average Bonchev–Trinajstić information content (AvgIpc) is 2.63. The molecule has 3 nitrogen and oxygen atoms in total. The summed E-state index contributed by atoms with van der Waals surface area (Å²) in [6.07, 6.45) is 22.8. The molecule has 0 saturated carbocycles. The van der Waals surface area contributed by atoms with Crippen molar-refractivity contribution in [3.8, 4) is 0 Å². The number of anilines is 1. The van der Waals surface area contributed by atoms with Gasteiger partial charge in [-0.15, -0.1) is 0 Å². The van der Waals surface area contributed by atoms with Gasteiger partial charge in [-0.3, -0.25) is 9.78 Å². The minimum Gasteiger partial charge on any atom is -0.325 e. The molecule has 1 aromatic heterocycles. The maximum absolute atomic E-state index is 11.8. The number of unbranched alkanes of at least 4 members (excludes halogenated alkanes) is 13. The molecule has 0 unspecified atom stereocenters. The molecule has 0 aliphatic rings. The fourth-order valence-electron chi connectivity index (χ4n) is 3.14. The lowest BCUT2D eigenvalue weighted by Gasteiger charge is -2.05. The van der Waals surface area contributed by atoms with Crippen molar-refractivity contribution in [1.82, 2.24) is 4.98 Å². The van der Waals surface area contributed by atoms with Crippen LogP contribution >= 0.6 is 0 Å². The van der Waals surface area contributed by atoms with E-state index in [1.54, 1.807) is 12.4 Å². The van der Waals surface area contributed by atoms with Gasteiger partial charge < -0.3 is 5.32 Å². The Hall–Kier alpha value is -1.38. The molecular formula is C22H38N2O. The topological polar surface area (TPSA) is 42.0 Å².